The fourth-order valence-electron chi connectivity index (χ4n) is 2.06. The lowest BCUT2D eigenvalue weighted by Crippen LogP contribution is -2.16. The van der Waals surface area contributed by atoms with E-state index < -0.39 is 0 Å². The number of anilines is 1. The lowest BCUT2D eigenvalue weighted by molar-refractivity contribution is 0.102. The van der Waals surface area contributed by atoms with Gasteiger partial charge < -0.3 is 5.32 Å². The van der Waals surface area contributed by atoms with E-state index in [9.17, 15) is 4.79 Å². The van der Waals surface area contributed by atoms with E-state index in [0.717, 1.165) is 5.56 Å². The minimum Gasteiger partial charge on any atom is -0.322 e. The van der Waals surface area contributed by atoms with Crippen LogP contribution in [0.5, 0.6) is 0 Å². The molecule has 1 heterocycles. The van der Waals surface area contributed by atoms with Crippen LogP contribution in [0.3, 0.4) is 0 Å². The largest absolute Gasteiger partial charge is 0.322 e. The minimum atomic E-state index is -0.253. The highest BCUT2D eigenvalue weighted by atomic mass is 35.5. The van der Waals surface area contributed by atoms with Gasteiger partial charge in [0.2, 0.25) is 0 Å². The summed E-state index contributed by atoms with van der Waals surface area (Å²) in [6, 6.07) is 12.4. The Morgan fingerprint density at radius 2 is 2.05 bits per heavy atom. The molecule has 3 rings (SSSR count). The summed E-state index contributed by atoms with van der Waals surface area (Å²) in [5.41, 5.74) is 2.67. The molecule has 7 heteroatoms. The summed E-state index contributed by atoms with van der Waals surface area (Å²) in [6.07, 6.45) is 1.44. The van der Waals surface area contributed by atoms with Gasteiger partial charge in [0.25, 0.3) is 5.91 Å². The zero-order chi connectivity index (χ0) is 15.5. The first-order valence-electron chi connectivity index (χ1n) is 6.55. The van der Waals surface area contributed by atoms with Gasteiger partial charge in [0, 0.05) is 10.7 Å². The molecule has 0 saturated carbocycles. The normalized spacial score (nSPS) is 10.5. The Morgan fingerprint density at radius 3 is 2.82 bits per heavy atom. The fourth-order valence-corrected chi connectivity index (χ4v) is 2.23. The average Bonchev–Trinajstić information content (AvgIpc) is 3.05. The Bertz CT molecular complexity index is 817. The summed E-state index contributed by atoms with van der Waals surface area (Å²) in [5.74, 6) is -0.253. The Balaban J connectivity index is 1.95. The number of benzene rings is 2. The molecular formula is C15H12ClN5O. The first kappa shape index (κ1) is 14.2. The van der Waals surface area contributed by atoms with Crippen molar-refractivity contribution in [3.05, 3.63) is 64.9 Å². The molecule has 1 amide bonds. The second-order valence-corrected chi connectivity index (χ2v) is 5.12. The third-order valence-corrected chi connectivity index (χ3v) is 3.43. The number of aromatic nitrogens is 4. The SMILES string of the molecule is Cc1ccc(Cl)cc1NC(=O)c1ccccc1-n1cnnn1. The van der Waals surface area contributed by atoms with Crippen LogP contribution < -0.4 is 5.32 Å². The second kappa shape index (κ2) is 5.95. The summed E-state index contributed by atoms with van der Waals surface area (Å²) in [5, 5.41) is 14.4. The van der Waals surface area contributed by atoms with Crippen LogP contribution >= 0.6 is 11.6 Å². The molecule has 2 aromatic carbocycles. The Labute approximate surface area is 131 Å². The molecule has 0 spiro atoms. The molecular weight excluding hydrogens is 302 g/mol. The number of halogens is 1. The highest BCUT2D eigenvalue weighted by Gasteiger charge is 2.14. The maximum absolute atomic E-state index is 12.6. The van der Waals surface area contributed by atoms with Crippen LogP contribution in [0, 0.1) is 6.92 Å². The molecule has 0 aliphatic heterocycles. The van der Waals surface area contributed by atoms with E-state index in [1.54, 1.807) is 30.3 Å². The smallest absolute Gasteiger partial charge is 0.257 e. The number of rotatable bonds is 3. The number of nitrogens with zero attached hydrogens (tertiary/aromatic N) is 4. The predicted octanol–water partition coefficient (Wildman–Crippen LogP) is 2.88. The second-order valence-electron chi connectivity index (χ2n) is 4.68. The van der Waals surface area contributed by atoms with Crippen molar-refractivity contribution in [2.75, 3.05) is 5.32 Å². The van der Waals surface area contributed by atoms with Crippen molar-refractivity contribution >= 4 is 23.2 Å². The molecule has 6 nitrogen and oxygen atoms in total. The molecule has 110 valence electrons. The Morgan fingerprint density at radius 1 is 1.23 bits per heavy atom. The van der Waals surface area contributed by atoms with E-state index in [2.05, 4.69) is 20.8 Å². The zero-order valence-corrected chi connectivity index (χ0v) is 12.4. The minimum absolute atomic E-state index is 0.253. The van der Waals surface area contributed by atoms with Gasteiger partial charge in [-0.3, -0.25) is 4.79 Å². The predicted molar refractivity (Wildman–Crippen MR) is 83.3 cm³/mol. The summed E-state index contributed by atoms with van der Waals surface area (Å²) in [7, 11) is 0. The number of hydrogen-bond acceptors (Lipinski definition) is 4. The van der Waals surface area contributed by atoms with Crippen LogP contribution in [-0.4, -0.2) is 26.1 Å². The van der Waals surface area contributed by atoms with Crippen molar-refractivity contribution in [1.82, 2.24) is 20.2 Å². The molecule has 0 unspecified atom stereocenters. The molecule has 0 fully saturated rings. The third kappa shape index (κ3) is 2.82. The van der Waals surface area contributed by atoms with Crippen LogP contribution in [0.4, 0.5) is 5.69 Å². The van der Waals surface area contributed by atoms with Gasteiger partial charge in [0.15, 0.2) is 0 Å². The maximum atomic E-state index is 12.6. The molecule has 0 aliphatic carbocycles. The molecule has 0 aliphatic rings. The van der Waals surface area contributed by atoms with E-state index in [1.165, 1.54) is 11.0 Å². The summed E-state index contributed by atoms with van der Waals surface area (Å²) in [6.45, 7) is 1.90. The van der Waals surface area contributed by atoms with Gasteiger partial charge >= 0.3 is 0 Å². The van der Waals surface area contributed by atoms with Gasteiger partial charge in [-0.25, -0.2) is 0 Å². The van der Waals surface area contributed by atoms with Crippen molar-refractivity contribution in [3.8, 4) is 5.69 Å². The summed E-state index contributed by atoms with van der Waals surface area (Å²) in [4.78, 5) is 12.6. The lowest BCUT2D eigenvalue weighted by Gasteiger charge is -2.11. The molecule has 1 N–H and O–H groups in total. The number of amides is 1. The summed E-state index contributed by atoms with van der Waals surface area (Å²) >= 11 is 5.98. The van der Waals surface area contributed by atoms with E-state index >= 15 is 0 Å². The van der Waals surface area contributed by atoms with Crippen molar-refractivity contribution in [2.45, 2.75) is 6.92 Å². The van der Waals surface area contributed by atoms with Gasteiger partial charge in [-0.1, -0.05) is 29.8 Å². The first-order valence-corrected chi connectivity index (χ1v) is 6.93. The van der Waals surface area contributed by atoms with Crippen LogP contribution in [-0.2, 0) is 0 Å². The van der Waals surface area contributed by atoms with Crippen molar-refractivity contribution in [2.24, 2.45) is 0 Å². The molecule has 0 bridgehead atoms. The molecule has 0 radical (unpaired) electrons. The summed E-state index contributed by atoms with van der Waals surface area (Å²) < 4.78 is 1.44. The van der Waals surface area contributed by atoms with Crippen LogP contribution in [0.2, 0.25) is 5.02 Å². The van der Waals surface area contributed by atoms with Gasteiger partial charge in [0.05, 0.1) is 11.3 Å². The quantitative estimate of drug-likeness (QED) is 0.807. The average molecular weight is 314 g/mol. The van der Waals surface area contributed by atoms with E-state index in [1.807, 2.05) is 19.1 Å². The molecule has 1 aromatic heterocycles. The number of carbonyl (C=O) groups is 1. The number of hydrogen-bond donors (Lipinski definition) is 1. The molecule has 0 atom stereocenters. The zero-order valence-electron chi connectivity index (χ0n) is 11.7. The molecule has 0 saturated heterocycles. The lowest BCUT2D eigenvalue weighted by atomic mass is 10.1. The van der Waals surface area contributed by atoms with Gasteiger partial charge in [0.1, 0.15) is 6.33 Å². The number of para-hydroxylation sites is 1. The monoisotopic (exact) mass is 313 g/mol. The van der Waals surface area contributed by atoms with E-state index in [-0.39, 0.29) is 5.91 Å². The van der Waals surface area contributed by atoms with Crippen LogP contribution in [0.15, 0.2) is 48.8 Å². The third-order valence-electron chi connectivity index (χ3n) is 3.19. The van der Waals surface area contributed by atoms with Crippen LogP contribution in [0.25, 0.3) is 5.69 Å². The van der Waals surface area contributed by atoms with Crippen molar-refractivity contribution < 1.29 is 4.79 Å². The maximum Gasteiger partial charge on any atom is 0.257 e. The number of nitrogens with one attached hydrogen (secondary N) is 1. The van der Waals surface area contributed by atoms with Crippen molar-refractivity contribution in [3.63, 3.8) is 0 Å². The van der Waals surface area contributed by atoms with Gasteiger partial charge in [-0.05, 0) is 47.2 Å². The van der Waals surface area contributed by atoms with E-state index in [0.29, 0.717) is 22.0 Å². The molecule has 3 aromatic rings. The number of aryl methyl sites for hydroxylation is 1. The molecule has 22 heavy (non-hydrogen) atoms. The standard InChI is InChI=1S/C15H12ClN5O/c1-10-6-7-11(16)8-13(10)18-15(22)12-4-2-3-5-14(12)21-9-17-19-20-21/h2-9H,1H3,(H,18,22). The van der Waals surface area contributed by atoms with Gasteiger partial charge in [-0.2, -0.15) is 4.68 Å². The Kier molecular flexibility index (Phi) is 3.84. The highest BCUT2D eigenvalue weighted by Crippen LogP contribution is 2.22. The number of tetrazole rings is 1. The fraction of sp³-hybridized carbons (Fsp3) is 0.0667. The first-order chi connectivity index (χ1) is 10.6. The van der Waals surface area contributed by atoms with Gasteiger partial charge in [-0.15, -0.1) is 5.10 Å². The Hall–Kier alpha value is -2.73. The van der Waals surface area contributed by atoms with Crippen LogP contribution in [0.1, 0.15) is 15.9 Å². The van der Waals surface area contributed by atoms with E-state index in [4.69, 9.17) is 11.6 Å². The van der Waals surface area contributed by atoms with Crippen molar-refractivity contribution in [1.29, 1.82) is 0 Å². The highest BCUT2D eigenvalue weighted by molar-refractivity contribution is 6.31. The number of carbonyl (C=O) groups excluding carboxylic acids is 1. The topological polar surface area (TPSA) is 72.7 Å².